The van der Waals surface area contributed by atoms with Crippen LogP contribution in [0.4, 0.5) is 0 Å². The van der Waals surface area contributed by atoms with Gasteiger partial charge >= 0.3 is 10.1 Å². The predicted molar refractivity (Wildman–Crippen MR) is 72.1 cm³/mol. The summed E-state index contributed by atoms with van der Waals surface area (Å²) in [5.74, 6) is -0.915. The van der Waals surface area contributed by atoms with Crippen LogP contribution in [0.15, 0.2) is 18.2 Å². The predicted octanol–water partition coefficient (Wildman–Crippen LogP) is 1.28. The highest BCUT2D eigenvalue weighted by Gasteiger charge is 2.38. The van der Waals surface area contributed by atoms with E-state index in [2.05, 4.69) is 0 Å². The molecule has 0 atom stereocenters. The summed E-state index contributed by atoms with van der Waals surface area (Å²) < 4.78 is 27.2. The molecule has 0 bridgehead atoms. The fourth-order valence-corrected chi connectivity index (χ4v) is 2.53. The number of amides is 2. The standard InChI is InChI=1S/C13H15NO5S/c1-8(2)7-14-12(15)9-5-4-6-10(11(9)13(14)16)19-20(3,17)18/h4-6,8H,7H2,1-3H3. The third kappa shape index (κ3) is 2.67. The third-order valence-electron chi connectivity index (χ3n) is 2.75. The molecule has 0 radical (unpaired) electrons. The van der Waals surface area contributed by atoms with Crippen LogP contribution in [0.1, 0.15) is 34.6 Å². The number of nitrogens with zero attached hydrogens (tertiary/aromatic N) is 1. The lowest BCUT2D eigenvalue weighted by Crippen LogP contribution is -2.33. The van der Waals surface area contributed by atoms with Crippen LogP contribution in [-0.4, -0.2) is 37.9 Å². The smallest absolute Gasteiger partial charge is 0.306 e. The molecule has 0 saturated carbocycles. The number of carbonyl (C=O) groups is 2. The Morgan fingerprint density at radius 3 is 2.40 bits per heavy atom. The van der Waals surface area contributed by atoms with Crippen molar-refractivity contribution in [3.63, 3.8) is 0 Å². The van der Waals surface area contributed by atoms with Crippen molar-refractivity contribution in [1.82, 2.24) is 4.90 Å². The van der Waals surface area contributed by atoms with Crippen molar-refractivity contribution in [2.75, 3.05) is 12.8 Å². The quantitative estimate of drug-likeness (QED) is 0.617. The minimum atomic E-state index is -3.76. The highest BCUT2D eigenvalue weighted by atomic mass is 32.2. The van der Waals surface area contributed by atoms with Gasteiger partial charge in [-0.15, -0.1) is 0 Å². The van der Waals surface area contributed by atoms with Gasteiger partial charge in [-0.3, -0.25) is 14.5 Å². The van der Waals surface area contributed by atoms with E-state index in [1.54, 1.807) is 0 Å². The zero-order valence-corrected chi connectivity index (χ0v) is 12.2. The van der Waals surface area contributed by atoms with Gasteiger partial charge in [-0.2, -0.15) is 8.42 Å². The summed E-state index contributed by atoms with van der Waals surface area (Å²) in [7, 11) is -3.76. The normalized spacial score (nSPS) is 14.9. The Hall–Kier alpha value is -1.89. The first-order valence-electron chi connectivity index (χ1n) is 6.09. The van der Waals surface area contributed by atoms with E-state index in [-0.39, 0.29) is 29.3 Å². The molecule has 6 nitrogen and oxygen atoms in total. The Bertz CT molecular complexity index is 678. The topological polar surface area (TPSA) is 80.8 Å². The van der Waals surface area contributed by atoms with Gasteiger partial charge in [0.25, 0.3) is 11.8 Å². The molecule has 0 N–H and O–H groups in total. The lowest BCUT2D eigenvalue weighted by Gasteiger charge is -2.16. The molecule has 0 aromatic heterocycles. The van der Waals surface area contributed by atoms with Crippen molar-refractivity contribution in [2.24, 2.45) is 5.92 Å². The lowest BCUT2D eigenvalue weighted by atomic mass is 10.1. The molecule has 0 aliphatic carbocycles. The van der Waals surface area contributed by atoms with Crippen LogP contribution in [0, 0.1) is 5.92 Å². The number of benzene rings is 1. The summed E-state index contributed by atoms with van der Waals surface area (Å²) in [5.41, 5.74) is 0.195. The minimum absolute atomic E-state index is 0.0172. The van der Waals surface area contributed by atoms with E-state index in [0.29, 0.717) is 0 Å². The molecule has 7 heteroatoms. The second-order valence-electron chi connectivity index (χ2n) is 5.08. The first kappa shape index (κ1) is 14.5. The van der Waals surface area contributed by atoms with Gasteiger partial charge in [0.1, 0.15) is 0 Å². The summed E-state index contributed by atoms with van der Waals surface area (Å²) in [6.07, 6.45) is 0.888. The van der Waals surface area contributed by atoms with Crippen LogP contribution in [0.2, 0.25) is 0 Å². The SMILES string of the molecule is CC(C)CN1C(=O)c2cccc(OS(C)(=O)=O)c2C1=O. The van der Waals surface area contributed by atoms with Gasteiger partial charge in [0, 0.05) is 6.54 Å². The summed E-state index contributed by atoms with van der Waals surface area (Å²) in [6.45, 7) is 4.06. The number of fused-ring (bicyclic) bond motifs is 1. The average molecular weight is 297 g/mol. The van der Waals surface area contributed by atoms with Crippen LogP contribution < -0.4 is 4.18 Å². The van der Waals surface area contributed by atoms with Gasteiger partial charge in [0.05, 0.1) is 17.4 Å². The second kappa shape index (κ2) is 4.90. The molecule has 20 heavy (non-hydrogen) atoms. The third-order valence-corrected chi connectivity index (χ3v) is 3.23. The number of carbonyl (C=O) groups excluding carboxylic acids is 2. The number of hydrogen-bond acceptors (Lipinski definition) is 5. The van der Waals surface area contributed by atoms with Gasteiger partial charge in [-0.1, -0.05) is 19.9 Å². The van der Waals surface area contributed by atoms with Gasteiger partial charge in [0.15, 0.2) is 5.75 Å². The maximum Gasteiger partial charge on any atom is 0.306 e. The molecule has 2 amide bonds. The molecule has 0 saturated heterocycles. The minimum Gasteiger partial charge on any atom is -0.382 e. The van der Waals surface area contributed by atoms with E-state index in [1.165, 1.54) is 18.2 Å². The first-order chi connectivity index (χ1) is 9.20. The number of imide groups is 1. The Kier molecular flexibility index (Phi) is 3.56. The summed E-state index contributed by atoms with van der Waals surface area (Å²) in [5, 5.41) is 0. The Morgan fingerprint density at radius 2 is 1.85 bits per heavy atom. The van der Waals surface area contributed by atoms with E-state index >= 15 is 0 Å². The first-order valence-corrected chi connectivity index (χ1v) is 7.91. The average Bonchev–Trinajstić information content (AvgIpc) is 2.53. The monoisotopic (exact) mass is 297 g/mol. The van der Waals surface area contributed by atoms with Crippen molar-refractivity contribution in [3.05, 3.63) is 29.3 Å². The van der Waals surface area contributed by atoms with Gasteiger partial charge in [-0.05, 0) is 18.1 Å². The molecule has 2 rings (SSSR count). The van der Waals surface area contributed by atoms with Crippen LogP contribution in [-0.2, 0) is 10.1 Å². The Labute approximate surface area is 117 Å². The Morgan fingerprint density at radius 1 is 1.20 bits per heavy atom. The van der Waals surface area contributed by atoms with Crippen molar-refractivity contribution >= 4 is 21.9 Å². The highest BCUT2D eigenvalue weighted by Crippen LogP contribution is 2.32. The van der Waals surface area contributed by atoms with Crippen molar-refractivity contribution in [3.8, 4) is 5.75 Å². The molecule has 108 valence electrons. The van der Waals surface area contributed by atoms with E-state index in [1.807, 2.05) is 13.8 Å². The largest absolute Gasteiger partial charge is 0.382 e. The zero-order valence-electron chi connectivity index (χ0n) is 11.4. The highest BCUT2D eigenvalue weighted by molar-refractivity contribution is 7.86. The molecular weight excluding hydrogens is 282 g/mol. The molecule has 1 aliphatic heterocycles. The van der Waals surface area contributed by atoms with Crippen LogP contribution in [0.25, 0.3) is 0 Å². The van der Waals surface area contributed by atoms with Crippen LogP contribution in [0.3, 0.4) is 0 Å². The molecule has 1 heterocycles. The molecule has 1 aromatic rings. The van der Waals surface area contributed by atoms with Crippen LogP contribution >= 0.6 is 0 Å². The maximum atomic E-state index is 12.3. The molecule has 1 aliphatic rings. The molecule has 0 spiro atoms. The van der Waals surface area contributed by atoms with Crippen LogP contribution in [0.5, 0.6) is 5.75 Å². The maximum absolute atomic E-state index is 12.3. The number of rotatable bonds is 4. The van der Waals surface area contributed by atoms with Crippen molar-refractivity contribution in [1.29, 1.82) is 0 Å². The molecule has 1 aromatic carbocycles. The Balaban J connectivity index is 2.48. The van der Waals surface area contributed by atoms with Crippen molar-refractivity contribution in [2.45, 2.75) is 13.8 Å². The van der Waals surface area contributed by atoms with Gasteiger partial charge < -0.3 is 4.18 Å². The fourth-order valence-electron chi connectivity index (χ4n) is 2.07. The number of hydrogen-bond donors (Lipinski definition) is 0. The zero-order chi connectivity index (χ0) is 15.1. The second-order valence-corrected chi connectivity index (χ2v) is 6.66. The van der Waals surface area contributed by atoms with E-state index in [9.17, 15) is 18.0 Å². The summed E-state index contributed by atoms with van der Waals surface area (Å²) in [6, 6.07) is 4.35. The summed E-state index contributed by atoms with van der Waals surface area (Å²) >= 11 is 0. The molecular formula is C13H15NO5S. The van der Waals surface area contributed by atoms with E-state index in [4.69, 9.17) is 4.18 Å². The van der Waals surface area contributed by atoms with E-state index in [0.717, 1.165) is 11.2 Å². The van der Waals surface area contributed by atoms with Gasteiger partial charge in [-0.25, -0.2) is 0 Å². The van der Waals surface area contributed by atoms with Gasteiger partial charge in [0.2, 0.25) is 0 Å². The fraction of sp³-hybridized carbons (Fsp3) is 0.385. The molecule has 0 fully saturated rings. The molecule has 0 unspecified atom stereocenters. The summed E-state index contributed by atoms with van der Waals surface area (Å²) in [4.78, 5) is 25.6. The van der Waals surface area contributed by atoms with Crippen molar-refractivity contribution < 1.29 is 22.2 Å². The van der Waals surface area contributed by atoms with E-state index < -0.39 is 21.9 Å². The lowest BCUT2D eigenvalue weighted by molar-refractivity contribution is 0.0636.